The van der Waals surface area contributed by atoms with Gasteiger partial charge in [-0.15, -0.1) is 0 Å². The number of hydrogen-bond acceptors (Lipinski definition) is 2. The highest BCUT2D eigenvalue weighted by Crippen LogP contribution is 2.37. The smallest absolute Gasteiger partial charge is 0.0953 e. The molecule has 116 valence electrons. The van der Waals surface area contributed by atoms with Gasteiger partial charge in [-0.1, -0.05) is 31.8 Å². The largest absolute Gasteiger partial charge is 0.328 e. The lowest BCUT2D eigenvalue weighted by atomic mass is 9.83. The van der Waals surface area contributed by atoms with E-state index in [-0.39, 0.29) is 0 Å². The van der Waals surface area contributed by atoms with E-state index in [0.717, 1.165) is 25.0 Å². The van der Waals surface area contributed by atoms with Crippen LogP contribution in [0, 0.1) is 5.92 Å². The molecule has 0 aromatic carbocycles. The minimum absolute atomic E-state index is 0.718. The monoisotopic (exact) mass is 287 g/mol. The lowest BCUT2D eigenvalue weighted by molar-refractivity contribution is 0.396. The number of rotatable bonds is 7. The van der Waals surface area contributed by atoms with Gasteiger partial charge in [0, 0.05) is 12.6 Å². The van der Waals surface area contributed by atoms with Crippen molar-refractivity contribution in [3.63, 3.8) is 0 Å². The lowest BCUT2D eigenvalue weighted by Gasteiger charge is -2.25. The van der Waals surface area contributed by atoms with Crippen LogP contribution >= 0.6 is 0 Å². The second-order valence-electron chi connectivity index (χ2n) is 6.69. The fourth-order valence-corrected chi connectivity index (χ4v) is 3.47. The van der Waals surface area contributed by atoms with Gasteiger partial charge in [0.2, 0.25) is 0 Å². The van der Waals surface area contributed by atoms with E-state index < -0.39 is 0 Å². The molecule has 2 aliphatic carbocycles. The molecule has 0 spiro atoms. The molecule has 0 saturated heterocycles. The van der Waals surface area contributed by atoms with E-state index in [4.69, 9.17) is 0 Å². The molecule has 1 aromatic rings. The standard InChI is InChI=1S/C18H29N3/c1-2-10-19-12-16(15-6-4-3-5-7-15)11-18-13-20-14-21(18)17-8-9-17/h11,13-15,17,19H,2-10,12H2,1H3. The molecule has 0 amide bonds. The number of nitrogens with one attached hydrogen (secondary N) is 1. The first-order valence-electron chi connectivity index (χ1n) is 8.81. The van der Waals surface area contributed by atoms with Crippen molar-refractivity contribution in [1.29, 1.82) is 0 Å². The summed E-state index contributed by atoms with van der Waals surface area (Å²) in [5, 5.41) is 3.61. The molecule has 3 rings (SSSR count). The van der Waals surface area contributed by atoms with Gasteiger partial charge in [-0.05, 0) is 50.6 Å². The molecule has 3 nitrogen and oxygen atoms in total. The van der Waals surface area contributed by atoms with Crippen LogP contribution in [0.15, 0.2) is 18.1 Å². The summed E-state index contributed by atoms with van der Waals surface area (Å²) in [5.41, 5.74) is 2.92. The number of imidazole rings is 1. The first kappa shape index (κ1) is 14.8. The van der Waals surface area contributed by atoms with Crippen molar-refractivity contribution in [2.45, 2.75) is 64.3 Å². The molecule has 0 aliphatic heterocycles. The zero-order valence-electron chi connectivity index (χ0n) is 13.4. The van der Waals surface area contributed by atoms with Gasteiger partial charge >= 0.3 is 0 Å². The van der Waals surface area contributed by atoms with Gasteiger partial charge in [0.05, 0.1) is 18.2 Å². The minimum Gasteiger partial charge on any atom is -0.328 e. The predicted octanol–water partition coefficient (Wildman–Crippen LogP) is 4.18. The van der Waals surface area contributed by atoms with E-state index in [0.29, 0.717) is 0 Å². The maximum Gasteiger partial charge on any atom is 0.0953 e. The van der Waals surface area contributed by atoms with Crippen molar-refractivity contribution in [3.8, 4) is 0 Å². The van der Waals surface area contributed by atoms with Crippen LogP contribution in [0.25, 0.3) is 6.08 Å². The molecule has 2 aliphatic rings. The second-order valence-corrected chi connectivity index (χ2v) is 6.69. The van der Waals surface area contributed by atoms with Gasteiger partial charge in [0.25, 0.3) is 0 Å². The van der Waals surface area contributed by atoms with Crippen molar-refractivity contribution in [2.75, 3.05) is 13.1 Å². The summed E-state index contributed by atoms with van der Waals surface area (Å²) in [7, 11) is 0. The Morgan fingerprint density at radius 2 is 2.10 bits per heavy atom. The highest BCUT2D eigenvalue weighted by Gasteiger charge is 2.25. The minimum atomic E-state index is 0.718. The molecule has 1 heterocycles. The maximum atomic E-state index is 4.38. The molecule has 0 atom stereocenters. The molecular weight excluding hydrogens is 258 g/mol. The molecule has 2 fully saturated rings. The second kappa shape index (κ2) is 7.26. The Kier molecular flexibility index (Phi) is 5.13. The Morgan fingerprint density at radius 3 is 2.81 bits per heavy atom. The Morgan fingerprint density at radius 1 is 1.29 bits per heavy atom. The molecule has 3 heteroatoms. The van der Waals surface area contributed by atoms with Crippen molar-refractivity contribution in [3.05, 3.63) is 23.8 Å². The Hall–Kier alpha value is -1.09. The van der Waals surface area contributed by atoms with E-state index in [1.165, 1.54) is 57.1 Å². The van der Waals surface area contributed by atoms with E-state index in [1.807, 2.05) is 12.5 Å². The summed E-state index contributed by atoms with van der Waals surface area (Å²) in [6.45, 7) is 4.40. The van der Waals surface area contributed by atoms with E-state index in [9.17, 15) is 0 Å². The van der Waals surface area contributed by atoms with Crippen LogP contribution in [0.5, 0.6) is 0 Å². The quantitative estimate of drug-likeness (QED) is 0.762. The molecular formula is C18H29N3. The average molecular weight is 287 g/mol. The molecule has 2 saturated carbocycles. The molecule has 0 radical (unpaired) electrons. The normalized spacial score (nSPS) is 20.9. The third kappa shape index (κ3) is 3.97. The summed E-state index contributed by atoms with van der Waals surface area (Å²) in [5.74, 6) is 0.783. The van der Waals surface area contributed by atoms with Gasteiger partial charge in [-0.25, -0.2) is 4.98 Å². The van der Waals surface area contributed by atoms with Gasteiger partial charge < -0.3 is 9.88 Å². The molecule has 0 unspecified atom stereocenters. The fourth-order valence-electron chi connectivity index (χ4n) is 3.47. The summed E-state index contributed by atoms with van der Waals surface area (Å²) in [6.07, 6.45) is 17.3. The summed E-state index contributed by atoms with van der Waals surface area (Å²) in [6, 6.07) is 0.718. The highest BCUT2D eigenvalue weighted by atomic mass is 15.1. The van der Waals surface area contributed by atoms with Gasteiger partial charge in [0.15, 0.2) is 0 Å². The molecule has 1 N–H and O–H groups in total. The van der Waals surface area contributed by atoms with Crippen LogP contribution in [-0.2, 0) is 0 Å². The molecule has 0 bridgehead atoms. The Bertz CT molecular complexity index is 465. The van der Waals surface area contributed by atoms with Crippen LogP contribution in [-0.4, -0.2) is 22.6 Å². The summed E-state index contributed by atoms with van der Waals surface area (Å²) in [4.78, 5) is 4.38. The van der Waals surface area contributed by atoms with E-state index >= 15 is 0 Å². The molecule has 1 aromatic heterocycles. The third-order valence-electron chi connectivity index (χ3n) is 4.86. The van der Waals surface area contributed by atoms with Crippen molar-refractivity contribution >= 4 is 6.08 Å². The van der Waals surface area contributed by atoms with Crippen LogP contribution < -0.4 is 5.32 Å². The van der Waals surface area contributed by atoms with Gasteiger partial charge in [-0.3, -0.25) is 0 Å². The average Bonchev–Trinajstić information content (AvgIpc) is 3.27. The van der Waals surface area contributed by atoms with E-state index in [1.54, 1.807) is 5.57 Å². The van der Waals surface area contributed by atoms with Crippen molar-refractivity contribution in [2.24, 2.45) is 5.92 Å². The van der Waals surface area contributed by atoms with Crippen LogP contribution in [0.1, 0.15) is 70.0 Å². The first-order valence-corrected chi connectivity index (χ1v) is 8.81. The van der Waals surface area contributed by atoms with Crippen molar-refractivity contribution in [1.82, 2.24) is 14.9 Å². The number of aromatic nitrogens is 2. The SMILES string of the molecule is CCCNCC(=Cc1cncn1C1CC1)C1CCCCC1. The fraction of sp³-hybridized carbons (Fsp3) is 0.722. The van der Waals surface area contributed by atoms with E-state index in [2.05, 4.69) is 27.9 Å². The number of hydrogen-bond donors (Lipinski definition) is 1. The van der Waals surface area contributed by atoms with Gasteiger partial charge in [0.1, 0.15) is 0 Å². The van der Waals surface area contributed by atoms with Crippen LogP contribution in [0.4, 0.5) is 0 Å². The zero-order valence-corrected chi connectivity index (χ0v) is 13.4. The maximum absolute atomic E-state index is 4.38. The van der Waals surface area contributed by atoms with Crippen LogP contribution in [0.2, 0.25) is 0 Å². The Balaban J connectivity index is 1.75. The topological polar surface area (TPSA) is 29.9 Å². The Labute approximate surface area is 128 Å². The molecule has 21 heavy (non-hydrogen) atoms. The summed E-state index contributed by atoms with van der Waals surface area (Å²) >= 11 is 0. The highest BCUT2D eigenvalue weighted by molar-refractivity contribution is 5.50. The number of nitrogens with zero attached hydrogens (tertiary/aromatic N) is 2. The first-order chi connectivity index (χ1) is 10.4. The zero-order chi connectivity index (χ0) is 14.5. The summed E-state index contributed by atoms with van der Waals surface area (Å²) < 4.78 is 2.38. The van der Waals surface area contributed by atoms with Gasteiger partial charge in [-0.2, -0.15) is 0 Å². The van der Waals surface area contributed by atoms with Crippen LogP contribution in [0.3, 0.4) is 0 Å². The third-order valence-corrected chi connectivity index (χ3v) is 4.86. The van der Waals surface area contributed by atoms with Crippen molar-refractivity contribution < 1.29 is 0 Å². The predicted molar refractivity (Wildman–Crippen MR) is 88.2 cm³/mol. The lowest BCUT2D eigenvalue weighted by Crippen LogP contribution is -2.23.